The van der Waals surface area contributed by atoms with Gasteiger partial charge in [0.1, 0.15) is 12.6 Å². The number of anilines is 1. The van der Waals surface area contributed by atoms with Crippen LogP contribution >= 0.6 is 23.2 Å². The summed E-state index contributed by atoms with van der Waals surface area (Å²) >= 11 is 12.5. The van der Waals surface area contributed by atoms with Crippen LogP contribution in [0.1, 0.15) is 43.9 Å². The molecule has 3 aromatic rings. The summed E-state index contributed by atoms with van der Waals surface area (Å²) in [6.07, 6.45) is 0.342. The zero-order valence-electron chi connectivity index (χ0n) is 24.0. The monoisotopic (exact) mass is 617 g/mol. The van der Waals surface area contributed by atoms with E-state index in [-0.39, 0.29) is 39.0 Å². The van der Waals surface area contributed by atoms with Crippen LogP contribution < -0.4 is 9.62 Å². The van der Waals surface area contributed by atoms with E-state index in [0.29, 0.717) is 13.0 Å². The quantitative estimate of drug-likeness (QED) is 0.255. The highest BCUT2D eigenvalue weighted by Gasteiger charge is 2.34. The molecule has 0 aliphatic heterocycles. The SMILES string of the molecule is CCC(C(=O)NCC(C)C)N(Cc1cccc(C)c1)C(=O)CN(c1cc(Cl)cc(Cl)c1)S(=O)(=O)c1ccc(C)cc1. The fourth-order valence-electron chi connectivity index (χ4n) is 4.40. The number of sulfonamides is 1. The zero-order valence-corrected chi connectivity index (χ0v) is 26.4. The lowest BCUT2D eigenvalue weighted by Crippen LogP contribution is -2.52. The number of amides is 2. The molecule has 0 fully saturated rings. The maximum Gasteiger partial charge on any atom is 0.264 e. The van der Waals surface area contributed by atoms with Crippen LogP contribution in [-0.2, 0) is 26.2 Å². The first-order chi connectivity index (χ1) is 19.3. The van der Waals surface area contributed by atoms with E-state index in [0.717, 1.165) is 21.0 Å². The first-order valence-corrected chi connectivity index (χ1v) is 15.7. The summed E-state index contributed by atoms with van der Waals surface area (Å²) in [5.41, 5.74) is 2.86. The standard InChI is InChI=1S/C31H37Cl2N3O4S/c1-6-29(31(38)34-18-21(2)3)35(19-24-9-7-8-23(5)14-24)30(37)20-36(27-16-25(32)15-26(33)17-27)41(39,40)28-12-10-22(4)11-13-28/h7-17,21,29H,6,18-20H2,1-5H3,(H,34,38). The second-order valence-electron chi connectivity index (χ2n) is 10.5. The van der Waals surface area contributed by atoms with Crippen molar-refractivity contribution in [3.63, 3.8) is 0 Å². The van der Waals surface area contributed by atoms with E-state index in [1.807, 2.05) is 58.9 Å². The van der Waals surface area contributed by atoms with Crippen LogP contribution in [0.25, 0.3) is 0 Å². The van der Waals surface area contributed by atoms with Crippen molar-refractivity contribution in [2.45, 2.75) is 58.5 Å². The van der Waals surface area contributed by atoms with Gasteiger partial charge in [0, 0.05) is 23.1 Å². The van der Waals surface area contributed by atoms with Gasteiger partial charge in [0.15, 0.2) is 0 Å². The van der Waals surface area contributed by atoms with Crippen LogP contribution in [0.15, 0.2) is 71.6 Å². The number of hydrogen-bond acceptors (Lipinski definition) is 4. The maximum absolute atomic E-state index is 14.1. The molecule has 0 aliphatic rings. The average Bonchev–Trinajstić information content (AvgIpc) is 2.89. The normalized spacial score (nSPS) is 12.2. The lowest BCUT2D eigenvalue weighted by molar-refractivity contribution is -0.140. The molecule has 0 saturated heterocycles. The minimum Gasteiger partial charge on any atom is -0.354 e. The highest BCUT2D eigenvalue weighted by Crippen LogP contribution is 2.30. The second-order valence-corrected chi connectivity index (χ2v) is 13.3. The molecule has 0 saturated carbocycles. The molecule has 0 aromatic heterocycles. The van der Waals surface area contributed by atoms with Crippen molar-refractivity contribution >= 4 is 50.7 Å². The van der Waals surface area contributed by atoms with Crippen molar-refractivity contribution in [1.29, 1.82) is 0 Å². The zero-order chi connectivity index (χ0) is 30.3. The van der Waals surface area contributed by atoms with E-state index in [4.69, 9.17) is 23.2 Å². The predicted octanol–water partition coefficient (Wildman–Crippen LogP) is 6.39. The Kier molecular flexibility index (Phi) is 11.2. The lowest BCUT2D eigenvalue weighted by atomic mass is 10.1. The number of hydrogen-bond donors (Lipinski definition) is 1. The molecule has 1 atom stereocenters. The van der Waals surface area contributed by atoms with E-state index in [2.05, 4.69) is 5.32 Å². The highest BCUT2D eigenvalue weighted by molar-refractivity contribution is 7.92. The molecular weight excluding hydrogens is 581 g/mol. The Balaban J connectivity index is 2.08. The molecule has 0 bridgehead atoms. The van der Waals surface area contributed by atoms with Gasteiger partial charge in [0.05, 0.1) is 10.6 Å². The van der Waals surface area contributed by atoms with E-state index in [1.54, 1.807) is 12.1 Å². The first kappa shape index (κ1) is 32.4. The Hall–Kier alpha value is -3.07. The maximum atomic E-state index is 14.1. The van der Waals surface area contributed by atoms with Crippen LogP contribution in [0.4, 0.5) is 5.69 Å². The fraction of sp³-hybridized carbons (Fsp3) is 0.355. The van der Waals surface area contributed by atoms with Gasteiger partial charge in [-0.15, -0.1) is 0 Å². The minimum atomic E-state index is -4.22. The third kappa shape index (κ3) is 8.71. The topological polar surface area (TPSA) is 86.8 Å². The largest absolute Gasteiger partial charge is 0.354 e. The molecule has 0 radical (unpaired) electrons. The average molecular weight is 619 g/mol. The van der Waals surface area contributed by atoms with Crippen LogP contribution in [0.2, 0.25) is 10.0 Å². The fourth-order valence-corrected chi connectivity index (χ4v) is 6.31. The number of nitrogens with one attached hydrogen (secondary N) is 1. The Morgan fingerprint density at radius 2 is 1.54 bits per heavy atom. The number of carbonyl (C=O) groups is 2. The van der Waals surface area contributed by atoms with Gasteiger partial charge < -0.3 is 10.2 Å². The summed E-state index contributed by atoms with van der Waals surface area (Å²) in [7, 11) is -4.22. The number of nitrogens with zero attached hydrogens (tertiary/aromatic N) is 2. The summed E-state index contributed by atoms with van der Waals surface area (Å²) in [5.74, 6) is -0.606. The number of aryl methyl sites for hydroxylation is 2. The van der Waals surface area contributed by atoms with Crippen LogP contribution in [0, 0.1) is 19.8 Å². The van der Waals surface area contributed by atoms with Gasteiger partial charge in [-0.2, -0.15) is 0 Å². The smallest absolute Gasteiger partial charge is 0.264 e. The van der Waals surface area contributed by atoms with Crippen molar-refractivity contribution in [3.05, 3.63) is 93.5 Å². The molecule has 2 amide bonds. The molecule has 10 heteroatoms. The summed E-state index contributed by atoms with van der Waals surface area (Å²) in [5, 5.41) is 3.37. The molecule has 0 spiro atoms. The highest BCUT2D eigenvalue weighted by atomic mass is 35.5. The Labute approximate surface area is 253 Å². The molecule has 220 valence electrons. The second kappa shape index (κ2) is 14.2. The molecule has 3 rings (SSSR count). The van der Waals surface area contributed by atoms with Crippen molar-refractivity contribution in [1.82, 2.24) is 10.2 Å². The van der Waals surface area contributed by atoms with Crippen LogP contribution in [-0.4, -0.2) is 44.3 Å². The van der Waals surface area contributed by atoms with Crippen molar-refractivity contribution in [2.75, 3.05) is 17.4 Å². The van der Waals surface area contributed by atoms with Crippen molar-refractivity contribution in [3.8, 4) is 0 Å². The number of benzene rings is 3. The predicted molar refractivity (Wildman–Crippen MR) is 166 cm³/mol. The molecule has 7 nitrogen and oxygen atoms in total. The van der Waals surface area contributed by atoms with Gasteiger partial charge in [-0.25, -0.2) is 8.42 Å². The number of carbonyl (C=O) groups excluding carboxylic acids is 2. The van der Waals surface area contributed by atoms with Gasteiger partial charge in [0.25, 0.3) is 10.0 Å². The van der Waals surface area contributed by atoms with Gasteiger partial charge in [-0.05, 0) is 62.1 Å². The molecule has 1 N–H and O–H groups in total. The van der Waals surface area contributed by atoms with E-state index < -0.39 is 28.5 Å². The van der Waals surface area contributed by atoms with Gasteiger partial charge in [-0.3, -0.25) is 13.9 Å². The van der Waals surface area contributed by atoms with E-state index in [1.165, 1.54) is 35.2 Å². The van der Waals surface area contributed by atoms with E-state index in [9.17, 15) is 18.0 Å². The first-order valence-electron chi connectivity index (χ1n) is 13.5. The molecule has 3 aromatic carbocycles. The summed E-state index contributed by atoms with van der Waals surface area (Å²) < 4.78 is 28.9. The van der Waals surface area contributed by atoms with Crippen molar-refractivity contribution in [2.24, 2.45) is 5.92 Å². The molecule has 0 aliphatic carbocycles. The van der Waals surface area contributed by atoms with Crippen molar-refractivity contribution < 1.29 is 18.0 Å². The summed E-state index contributed by atoms with van der Waals surface area (Å²) in [6, 6.07) is 17.6. The third-order valence-electron chi connectivity index (χ3n) is 6.53. The van der Waals surface area contributed by atoms with Crippen LogP contribution in [0.3, 0.4) is 0 Å². The molecule has 1 unspecified atom stereocenters. The minimum absolute atomic E-state index is 0.0129. The van der Waals surface area contributed by atoms with E-state index >= 15 is 0 Å². The lowest BCUT2D eigenvalue weighted by Gasteiger charge is -2.33. The number of halogens is 2. The molecule has 0 heterocycles. The Morgan fingerprint density at radius 1 is 0.902 bits per heavy atom. The Morgan fingerprint density at radius 3 is 2.10 bits per heavy atom. The van der Waals surface area contributed by atoms with Gasteiger partial charge in [0.2, 0.25) is 11.8 Å². The van der Waals surface area contributed by atoms with Gasteiger partial charge >= 0.3 is 0 Å². The molecule has 41 heavy (non-hydrogen) atoms. The third-order valence-corrected chi connectivity index (χ3v) is 8.75. The van der Waals surface area contributed by atoms with Gasteiger partial charge in [-0.1, -0.05) is 91.5 Å². The Bertz CT molecular complexity index is 1460. The number of rotatable bonds is 12. The van der Waals surface area contributed by atoms with Crippen LogP contribution in [0.5, 0.6) is 0 Å². The summed E-state index contributed by atoms with van der Waals surface area (Å²) in [4.78, 5) is 28.9. The molecular formula is C31H37Cl2N3O4S. The summed E-state index contributed by atoms with van der Waals surface area (Å²) in [6.45, 7) is 9.62.